The topological polar surface area (TPSA) is 36.4 Å². The Hall–Kier alpha value is -1.34. The van der Waals surface area contributed by atoms with Crippen LogP contribution in [0.4, 0.5) is 13.2 Å². The Morgan fingerprint density at radius 1 is 1.30 bits per heavy atom. The second kappa shape index (κ2) is 5.57. The number of amides is 1. The Morgan fingerprint density at radius 3 is 2.45 bits per heavy atom. The highest BCUT2D eigenvalue weighted by atomic mass is 35.5. The van der Waals surface area contributed by atoms with Crippen molar-refractivity contribution < 1.29 is 18.0 Å². The van der Waals surface area contributed by atoms with Gasteiger partial charge in [-0.3, -0.25) is 4.79 Å². The first-order valence-corrected chi connectivity index (χ1v) is 6.37. The molecule has 2 heterocycles. The van der Waals surface area contributed by atoms with E-state index in [2.05, 4.69) is 4.98 Å². The van der Waals surface area contributed by atoms with Crippen molar-refractivity contribution in [3.63, 3.8) is 0 Å². The van der Waals surface area contributed by atoms with Gasteiger partial charge in [-0.15, -0.1) is 0 Å². The first kappa shape index (κ1) is 15.1. The molecule has 0 spiro atoms. The lowest BCUT2D eigenvalue weighted by Gasteiger charge is -2.32. The minimum Gasteiger partial charge on any atom is -0.336 e. The van der Waals surface area contributed by atoms with Gasteiger partial charge in [-0.1, -0.05) is 11.6 Å². The fraction of sp³-hybridized carbons (Fsp3) is 0.500. The van der Waals surface area contributed by atoms with E-state index in [1.807, 2.05) is 11.9 Å². The van der Waals surface area contributed by atoms with E-state index in [4.69, 9.17) is 11.6 Å². The molecule has 1 aliphatic rings. The third-order valence-corrected chi connectivity index (χ3v) is 3.49. The van der Waals surface area contributed by atoms with E-state index in [1.54, 1.807) is 0 Å². The van der Waals surface area contributed by atoms with Gasteiger partial charge in [0.15, 0.2) is 0 Å². The van der Waals surface area contributed by atoms with Gasteiger partial charge in [0.05, 0.1) is 11.1 Å². The molecule has 8 heteroatoms. The van der Waals surface area contributed by atoms with E-state index in [0.717, 1.165) is 6.07 Å². The lowest BCUT2D eigenvalue weighted by molar-refractivity contribution is -0.137. The molecule has 1 saturated heterocycles. The van der Waals surface area contributed by atoms with Crippen molar-refractivity contribution in [1.29, 1.82) is 0 Å². The van der Waals surface area contributed by atoms with E-state index in [1.165, 1.54) is 4.90 Å². The average Bonchev–Trinajstić information content (AvgIpc) is 2.38. The Kier molecular flexibility index (Phi) is 4.19. The first-order valence-electron chi connectivity index (χ1n) is 5.99. The summed E-state index contributed by atoms with van der Waals surface area (Å²) in [6, 6.07) is 0.760. The third kappa shape index (κ3) is 3.21. The van der Waals surface area contributed by atoms with Crippen molar-refractivity contribution in [2.45, 2.75) is 6.18 Å². The molecule has 1 fully saturated rings. The molecular formula is C12H13ClF3N3O. The molecule has 1 aliphatic heterocycles. The second-order valence-corrected chi connectivity index (χ2v) is 5.01. The maximum absolute atomic E-state index is 12.6. The Morgan fingerprint density at radius 2 is 1.90 bits per heavy atom. The summed E-state index contributed by atoms with van der Waals surface area (Å²) in [7, 11) is 1.92. The molecule has 1 aromatic heterocycles. The molecule has 0 radical (unpaired) electrons. The van der Waals surface area contributed by atoms with Crippen LogP contribution < -0.4 is 0 Å². The van der Waals surface area contributed by atoms with Crippen LogP contribution in [0.25, 0.3) is 0 Å². The zero-order chi connectivity index (χ0) is 14.9. The van der Waals surface area contributed by atoms with Crippen LogP contribution in [-0.4, -0.2) is 53.9 Å². The number of halogens is 4. The summed E-state index contributed by atoms with van der Waals surface area (Å²) in [5.74, 6) is -0.512. The van der Waals surface area contributed by atoms with Crippen molar-refractivity contribution in [2.75, 3.05) is 33.2 Å². The Balaban J connectivity index is 2.25. The molecule has 110 valence electrons. The quantitative estimate of drug-likeness (QED) is 0.746. The fourth-order valence-electron chi connectivity index (χ4n) is 1.93. The number of pyridine rings is 1. The number of hydrogen-bond acceptors (Lipinski definition) is 3. The summed E-state index contributed by atoms with van der Waals surface area (Å²) in [6.07, 6.45) is -3.92. The number of rotatable bonds is 1. The molecule has 0 bridgehead atoms. The summed E-state index contributed by atoms with van der Waals surface area (Å²) < 4.78 is 37.9. The van der Waals surface area contributed by atoms with Crippen molar-refractivity contribution in [3.05, 3.63) is 28.5 Å². The second-order valence-electron chi connectivity index (χ2n) is 4.66. The van der Waals surface area contributed by atoms with E-state index in [-0.39, 0.29) is 10.7 Å². The molecule has 0 unspecified atom stereocenters. The molecule has 0 aromatic carbocycles. The lowest BCUT2D eigenvalue weighted by Crippen LogP contribution is -2.47. The number of carbonyl (C=O) groups excluding carboxylic acids is 1. The first-order chi connectivity index (χ1) is 9.29. The highest BCUT2D eigenvalue weighted by Gasteiger charge is 2.33. The smallest absolute Gasteiger partial charge is 0.336 e. The molecule has 0 N–H and O–H groups in total. The van der Waals surface area contributed by atoms with Crippen LogP contribution >= 0.6 is 11.6 Å². The third-order valence-electron chi connectivity index (χ3n) is 3.19. The highest BCUT2D eigenvalue weighted by molar-refractivity contribution is 6.32. The molecule has 20 heavy (non-hydrogen) atoms. The molecule has 1 aromatic rings. The van der Waals surface area contributed by atoms with Crippen LogP contribution in [0, 0.1) is 0 Å². The maximum atomic E-state index is 12.6. The van der Waals surface area contributed by atoms with Crippen LogP contribution in [0.15, 0.2) is 12.3 Å². The molecule has 2 rings (SSSR count). The van der Waals surface area contributed by atoms with Crippen molar-refractivity contribution in [3.8, 4) is 0 Å². The van der Waals surface area contributed by atoms with Gasteiger partial charge in [0, 0.05) is 32.4 Å². The zero-order valence-electron chi connectivity index (χ0n) is 10.7. The number of hydrogen-bond donors (Lipinski definition) is 0. The van der Waals surface area contributed by atoms with Gasteiger partial charge in [0.25, 0.3) is 5.91 Å². The van der Waals surface area contributed by atoms with E-state index in [0.29, 0.717) is 32.4 Å². The Labute approximate surface area is 119 Å². The number of carbonyl (C=O) groups is 1. The predicted octanol–water partition coefficient (Wildman–Crippen LogP) is 2.14. The SMILES string of the molecule is CN1CCN(C(=O)c2cc(C(F)(F)F)cnc2Cl)CC1. The van der Waals surface area contributed by atoms with Gasteiger partial charge in [0.1, 0.15) is 5.15 Å². The van der Waals surface area contributed by atoms with Crippen LogP contribution in [0.3, 0.4) is 0 Å². The normalized spacial score (nSPS) is 17.4. The van der Waals surface area contributed by atoms with E-state index in [9.17, 15) is 18.0 Å². The molecule has 4 nitrogen and oxygen atoms in total. The van der Waals surface area contributed by atoms with Crippen molar-refractivity contribution in [2.24, 2.45) is 0 Å². The van der Waals surface area contributed by atoms with Crippen molar-refractivity contribution >= 4 is 17.5 Å². The summed E-state index contributed by atoms with van der Waals surface area (Å²) in [5, 5.41) is -0.207. The minimum absolute atomic E-state index is 0.203. The standard InChI is InChI=1S/C12H13ClF3N3O/c1-18-2-4-19(5-3-18)11(20)9-6-8(12(14,15)16)7-17-10(9)13/h6-7H,2-5H2,1H3. The predicted molar refractivity (Wildman–Crippen MR) is 67.6 cm³/mol. The van der Waals surface area contributed by atoms with Gasteiger partial charge in [-0.2, -0.15) is 13.2 Å². The van der Waals surface area contributed by atoms with Crippen LogP contribution in [-0.2, 0) is 6.18 Å². The molecule has 0 saturated carbocycles. The van der Waals surface area contributed by atoms with Gasteiger partial charge >= 0.3 is 6.18 Å². The van der Waals surface area contributed by atoms with Crippen LogP contribution in [0.1, 0.15) is 15.9 Å². The molecule has 0 aliphatic carbocycles. The highest BCUT2D eigenvalue weighted by Crippen LogP contribution is 2.31. The summed E-state index contributed by atoms with van der Waals surface area (Å²) in [5.41, 5.74) is -1.18. The fourth-order valence-corrected chi connectivity index (χ4v) is 2.12. The largest absolute Gasteiger partial charge is 0.417 e. The number of piperazine rings is 1. The minimum atomic E-state index is -4.55. The number of alkyl halides is 3. The van der Waals surface area contributed by atoms with Crippen LogP contribution in [0.2, 0.25) is 5.15 Å². The molecule has 0 atom stereocenters. The summed E-state index contributed by atoms with van der Waals surface area (Å²) >= 11 is 5.75. The number of nitrogens with zero attached hydrogens (tertiary/aromatic N) is 3. The van der Waals surface area contributed by atoms with Gasteiger partial charge in [0.2, 0.25) is 0 Å². The lowest BCUT2D eigenvalue weighted by atomic mass is 10.1. The van der Waals surface area contributed by atoms with Gasteiger partial charge in [-0.05, 0) is 13.1 Å². The zero-order valence-corrected chi connectivity index (χ0v) is 11.5. The molecule has 1 amide bonds. The van der Waals surface area contributed by atoms with Gasteiger partial charge < -0.3 is 9.80 Å². The number of aromatic nitrogens is 1. The van der Waals surface area contributed by atoms with Crippen LogP contribution in [0.5, 0.6) is 0 Å². The summed E-state index contributed by atoms with van der Waals surface area (Å²) in [4.78, 5) is 19.2. The van der Waals surface area contributed by atoms with Gasteiger partial charge in [-0.25, -0.2) is 4.98 Å². The van der Waals surface area contributed by atoms with E-state index < -0.39 is 17.6 Å². The van der Waals surface area contributed by atoms with Crippen molar-refractivity contribution in [1.82, 2.24) is 14.8 Å². The molecular weight excluding hydrogens is 295 g/mol. The van der Waals surface area contributed by atoms with E-state index >= 15 is 0 Å². The average molecular weight is 308 g/mol. The summed E-state index contributed by atoms with van der Waals surface area (Å²) in [6.45, 7) is 2.27. The maximum Gasteiger partial charge on any atom is 0.417 e. The Bertz CT molecular complexity index is 513. The number of likely N-dealkylation sites (N-methyl/N-ethyl adjacent to an activating group) is 1. The monoisotopic (exact) mass is 307 g/mol.